The molecule has 1 aliphatic heterocycles. The van der Waals surface area contributed by atoms with Gasteiger partial charge in [-0.3, -0.25) is 0 Å². The molecule has 1 atom stereocenters. The zero-order chi connectivity index (χ0) is 13.4. The minimum absolute atomic E-state index is 0.158. The number of rotatable bonds is 2. The minimum atomic E-state index is -0.684. The maximum atomic E-state index is 11.7. The third-order valence-corrected chi connectivity index (χ3v) is 3.05. The molecule has 3 rings (SSSR count). The van der Waals surface area contributed by atoms with E-state index in [4.69, 9.17) is 14.2 Å². The Morgan fingerprint density at radius 2 is 2.26 bits per heavy atom. The molecule has 19 heavy (non-hydrogen) atoms. The lowest BCUT2D eigenvalue weighted by molar-refractivity contribution is 0.0602. The van der Waals surface area contributed by atoms with Gasteiger partial charge in [0.05, 0.1) is 18.2 Å². The van der Waals surface area contributed by atoms with Crippen molar-refractivity contribution in [2.45, 2.75) is 6.23 Å². The Balaban J connectivity index is 2.09. The van der Waals surface area contributed by atoms with Crippen molar-refractivity contribution in [2.24, 2.45) is 0 Å². The van der Waals surface area contributed by atoms with Crippen LogP contribution in [0, 0.1) is 0 Å². The Bertz CT molecular complexity index is 660. The molecular formula is C13H11NO5. The normalized spacial score (nSPS) is 18.2. The third kappa shape index (κ3) is 1.81. The maximum Gasteiger partial charge on any atom is 0.510 e. The van der Waals surface area contributed by atoms with Crippen LogP contribution in [0.25, 0.3) is 10.9 Å². The molecule has 1 unspecified atom stereocenters. The van der Waals surface area contributed by atoms with Crippen LogP contribution >= 0.6 is 0 Å². The Morgan fingerprint density at radius 3 is 2.95 bits per heavy atom. The summed E-state index contributed by atoms with van der Waals surface area (Å²) in [4.78, 5) is 22.6. The molecule has 0 saturated carbocycles. The summed E-state index contributed by atoms with van der Waals surface area (Å²) in [5, 5.41) is 0.747. The number of nitrogens with zero attached hydrogens (tertiary/aromatic N) is 1. The van der Waals surface area contributed by atoms with Gasteiger partial charge in [0, 0.05) is 11.6 Å². The highest BCUT2D eigenvalue weighted by Gasteiger charge is 2.27. The van der Waals surface area contributed by atoms with Crippen molar-refractivity contribution in [3.63, 3.8) is 0 Å². The number of carbonyl (C=O) groups excluding carboxylic acids is 2. The molecule has 0 bridgehead atoms. The van der Waals surface area contributed by atoms with Gasteiger partial charge in [0.1, 0.15) is 0 Å². The van der Waals surface area contributed by atoms with Crippen LogP contribution in [-0.4, -0.2) is 30.4 Å². The van der Waals surface area contributed by atoms with E-state index in [0.29, 0.717) is 5.56 Å². The SMILES string of the molecule is COC(=O)c1cccc2c1ccn2C1COC(=O)O1. The van der Waals surface area contributed by atoms with Crippen LogP contribution in [0.15, 0.2) is 30.5 Å². The Morgan fingerprint density at radius 1 is 1.42 bits per heavy atom. The molecule has 6 nitrogen and oxygen atoms in total. The number of methoxy groups -OCH3 is 1. The molecule has 0 N–H and O–H groups in total. The van der Waals surface area contributed by atoms with Crippen molar-refractivity contribution in [3.8, 4) is 0 Å². The fourth-order valence-corrected chi connectivity index (χ4v) is 2.18. The first-order valence-corrected chi connectivity index (χ1v) is 5.72. The number of aromatic nitrogens is 1. The molecule has 0 radical (unpaired) electrons. The highest BCUT2D eigenvalue weighted by atomic mass is 16.8. The van der Waals surface area contributed by atoms with Crippen LogP contribution in [0.5, 0.6) is 0 Å². The summed E-state index contributed by atoms with van der Waals surface area (Å²) in [6, 6.07) is 7.07. The first kappa shape index (κ1) is 11.6. The molecular weight excluding hydrogens is 250 g/mol. The maximum absolute atomic E-state index is 11.7. The van der Waals surface area contributed by atoms with E-state index in [1.54, 1.807) is 29.0 Å². The van der Waals surface area contributed by atoms with E-state index in [1.165, 1.54) is 7.11 Å². The lowest BCUT2D eigenvalue weighted by atomic mass is 10.1. The van der Waals surface area contributed by atoms with Crippen molar-refractivity contribution in [1.29, 1.82) is 0 Å². The topological polar surface area (TPSA) is 66.8 Å². The molecule has 1 fully saturated rings. The van der Waals surface area contributed by atoms with Gasteiger partial charge in [0.2, 0.25) is 6.23 Å². The molecule has 1 saturated heterocycles. The van der Waals surface area contributed by atoms with E-state index in [0.717, 1.165) is 10.9 Å². The van der Waals surface area contributed by atoms with Crippen LogP contribution in [0.1, 0.15) is 16.6 Å². The first-order valence-electron chi connectivity index (χ1n) is 5.72. The number of hydrogen-bond donors (Lipinski definition) is 0. The van der Waals surface area contributed by atoms with Gasteiger partial charge in [-0.05, 0) is 18.2 Å². The molecule has 98 valence electrons. The first-order chi connectivity index (χ1) is 9.20. The number of carbonyl (C=O) groups is 2. The van der Waals surface area contributed by atoms with Gasteiger partial charge in [-0.25, -0.2) is 9.59 Å². The predicted octanol–water partition coefficient (Wildman–Crippen LogP) is 2.09. The standard InChI is InChI=1S/C13H11NO5/c1-17-12(15)9-3-2-4-10-8(9)5-6-14(10)11-7-18-13(16)19-11/h2-6,11H,7H2,1H3. The Hall–Kier alpha value is -2.50. The van der Waals surface area contributed by atoms with Crippen LogP contribution in [0.3, 0.4) is 0 Å². The number of fused-ring (bicyclic) bond motifs is 1. The molecule has 6 heteroatoms. The molecule has 0 spiro atoms. The van der Waals surface area contributed by atoms with E-state index in [-0.39, 0.29) is 6.61 Å². The van der Waals surface area contributed by atoms with Gasteiger partial charge in [-0.2, -0.15) is 0 Å². The van der Waals surface area contributed by atoms with E-state index < -0.39 is 18.4 Å². The summed E-state index contributed by atoms with van der Waals surface area (Å²) in [7, 11) is 1.34. The monoisotopic (exact) mass is 261 g/mol. The summed E-state index contributed by atoms with van der Waals surface area (Å²) >= 11 is 0. The third-order valence-electron chi connectivity index (χ3n) is 3.05. The van der Waals surface area contributed by atoms with Crippen molar-refractivity contribution in [3.05, 3.63) is 36.0 Å². The fraction of sp³-hybridized carbons (Fsp3) is 0.231. The van der Waals surface area contributed by atoms with E-state index >= 15 is 0 Å². The van der Waals surface area contributed by atoms with Crippen LogP contribution < -0.4 is 0 Å². The van der Waals surface area contributed by atoms with Gasteiger partial charge < -0.3 is 18.8 Å². The molecule has 2 heterocycles. The van der Waals surface area contributed by atoms with E-state index in [9.17, 15) is 9.59 Å². The van der Waals surface area contributed by atoms with Gasteiger partial charge in [0.25, 0.3) is 0 Å². The van der Waals surface area contributed by atoms with E-state index in [2.05, 4.69) is 0 Å². The number of cyclic esters (lactones) is 2. The van der Waals surface area contributed by atoms with Crippen molar-refractivity contribution < 1.29 is 23.8 Å². The molecule has 0 amide bonds. The zero-order valence-corrected chi connectivity index (χ0v) is 10.2. The minimum Gasteiger partial charge on any atom is -0.465 e. The van der Waals surface area contributed by atoms with Gasteiger partial charge >= 0.3 is 12.1 Å². The fourth-order valence-electron chi connectivity index (χ4n) is 2.18. The summed E-state index contributed by atoms with van der Waals surface area (Å²) in [6.07, 6.45) is 0.567. The largest absolute Gasteiger partial charge is 0.510 e. The average Bonchev–Trinajstić information content (AvgIpc) is 3.03. The summed E-state index contributed by atoms with van der Waals surface area (Å²) < 4.78 is 16.3. The number of hydrogen-bond acceptors (Lipinski definition) is 5. The highest BCUT2D eigenvalue weighted by Crippen LogP contribution is 2.27. The second-order valence-electron chi connectivity index (χ2n) is 4.09. The smallest absolute Gasteiger partial charge is 0.465 e. The molecule has 1 aliphatic rings. The summed E-state index contributed by atoms with van der Waals surface area (Å²) in [6.45, 7) is 0.158. The number of ether oxygens (including phenoxy) is 3. The van der Waals surface area contributed by atoms with E-state index in [1.807, 2.05) is 6.07 Å². The molecule has 2 aromatic rings. The number of benzene rings is 1. The van der Waals surface area contributed by atoms with Crippen LogP contribution in [-0.2, 0) is 14.2 Å². The summed E-state index contributed by atoms with van der Waals surface area (Å²) in [5.74, 6) is -0.400. The Labute approximate surface area is 108 Å². The van der Waals surface area contributed by atoms with Gasteiger partial charge in [-0.15, -0.1) is 0 Å². The van der Waals surface area contributed by atoms with Crippen molar-refractivity contribution in [2.75, 3.05) is 13.7 Å². The van der Waals surface area contributed by atoms with Gasteiger partial charge in [0.15, 0.2) is 6.61 Å². The van der Waals surface area contributed by atoms with Crippen molar-refractivity contribution >= 4 is 23.0 Å². The average molecular weight is 261 g/mol. The zero-order valence-electron chi connectivity index (χ0n) is 10.2. The lowest BCUT2D eigenvalue weighted by Crippen LogP contribution is -2.09. The van der Waals surface area contributed by atoms with Gasteiger partial charge in [-0.1, -0.05) is 6.07 Å². The van der Waals surface area contributed by atoms with Crippen LogP contribution in [0.4, 0.5) is 4.79 Å². The van der Waals surface area contributed by atoms with Crippen LogP contribution in [0.2, 0.25) is 0 Å². The second kappa shape index (κ2) is 4.31. The van der Waals surface area contributed by atoms with Crippen molar-refractivity contribution in [1.82, 2.24) is 4.57 Å². The lowest BCUT2D eigenvalue weighted by Gasteiger charge is -2.10. The Kier molecular flexibility index (Phi) is 2.63. The highest BCUT2D eigenvalue weighted by molar-refractivity contribution is 6.03. The molecule has 0 aliphatic carbocycles. The molecule has 1 aromatic heterocycles. The summed E-state index contributed by atoms with van der Waals surface area (Å²) in [5.41, 5.74) is 1.26. The second-order valence-corrected chi connectivity index (χ2v) is 4.09. The molecule has 1 aromatic carbocycles. The predicted molar refractivity (Wildman–Crippen MR) is 64.7 cm³/mol. The number of esters is 1. The quantitative estimate of drug-likeness (QED) is 0.774.